The number of nitrogens with two attached hydrogens (primary N) is 1. The summed E-state index contributed by atoms with van der Waals surface area (Å²) in [4.78, 5) is 3.57. The summed E-state index contributed by atoms with van der Waals surface area (Å²) in [7, 11) is 0. The summed E-state index contributed by atoms with van der Waals surface area (Å²) in [5, 5.41) is 5.94. The van der Waals surface area contributed by atoms with E-state index in [-0.39, 0.29) is 11.9 Å². The smallest absolute Gasteiger partial charge is 0.404 e. The lowest BCUT2D eigenvalue weighted by Crippen LogP contribution is -2.35. The van der Waals surface area contributed by atoms with Crippen molar-refractivity contribution in [2.24, 2.45) is 10.7 Å². The minimum Gasteiger partial charge on any atom is -0.404 e. The third-order valence-electron chi connectivity index (χ3n) is 2.03. The number of allylic oxidation sites excluding steroid dienone is 1. The zero-order chi connectivity index (χ0) is 14.2. The average Bonchev–Trinajstić information content (AvgIpc) is 2.25. The molecule has 0 saturated heterocycles. The third-order valence-corrected chi connectivity index (χ3v) is 2.03. The summed E-state index contributed by atoms with van der Waals surface area (Å²) >= 11 is 0. The summed E-state index contributed by atoms with van der Waals surface area (Å²) in [6.07, 6.45) is -3.39. The predicted molar refractivity (Wildman–Crippen MR) is 67.1 cm³/mol. The van der Waals surface area contributed by atoms with Crippen LogP contribution >= 0.6 is 0 Å². The summed E-state index contributed by atoms with van der Waals surface area (Å²) in [6.45, 7) is 8.74. The summed E-state index contributed by atoms with van der Waals surface area (Å²) in [5.74, 6) is 0.156. The van der Waals surface area contributed by atoms with E-state index in [2.05, 4.69) is 22.2 Å². The van der Waals surface area contributed by atoms with E-state index in [1.807, 2.05) is 13.8 Å². The Morgan fingerprint density at radius 2 is 2.11 bits per heavy atom. The number of halogens is 3. The molecule has 0 aliphatic rings. The largest absolute Gasteiger partial charge is 0.419 e. The van der Waals surface area contributed by atoms with E-state index >= 15 is 0 Å². The molecule has 0 aliphatic carbocycles. The molecule has 0 aromatic carbocycles. The van der Waals surface area contributed by atoms with Crippen molar-refractivity contribution in [1.29, 1.82) is 0 Å². The van der Waals surface area contributed by atoms with Crippen molar-refractivity contribution in [3.63, 3.8) is 0 Å². The molecule has 1 unspecified atom stereocenters. The fourth-order valence-electron chi connectivity index (χ4n) is 1.10. The van der Waals surface area contributed by atoms with Gasteiger partial charge < -0.3 is 16.4 Å². The predicted octanol–water partition coefficient (Wildman–Crippen LogP) is 1.52. The maximum absolute atomic E-state index is 12.3. The standard InChI is InChI=1S/C11H19F3N4/c1-4-16-8(2)6-17-9(3)18-7-10(5-15)11(12,13)14/h5,7-8,16-17H,3-4,6,15H2,1-2H3/b10-5+,18-7-. The Bertz CT molecular complexity index is 321. The van der Waals surface area contributed by atoms with Crippen LogP contribution in [-0.4, -0.2) is 31.5 Å². The molecule has 0 aliphatic heterocycles. The first-order chi connectivity index (χ1) is 8.31. The molecule has 0 amide bonds. The molecule has 0 heterocycles. The van der Waals surface area contributed by atoms with E-state index in [0.29, 0.717) is 19.0 Å². The molecule has 18 heavy (non-hydrogen) atoms. The Hall–Kier alpha value is -1.50. The summed E-state index contributed by atoms with van der Waals surface area (Å²) in [5.41, 5.74) is 3.86. The lowest BCUT2D eigenvalue weighted by atomic mass is 10.3. The molecule has 0 radical (unpaired) electrons. The Balaban J connectivity index is 4.24. The quantitative estimate of drug-likeness (QED) is 0.611. The maximum Gasteiger partial charge on any atom is 0.419 e. The molecular formula is C11H19F3N4. The average molecular weight is 264 g/mol. The van der Waals surface area contributed by atoms with Gasteiger partial charge in [-0.25, -0.2) is 4.99 Å². The zero-order valence-corrected chi connectivity index (χ0v) is 10.5. The maximum atomic E-state index is 12.3. The van der Waals surface area contributed by atoms with E-state index in [0.717, 1.165) is 6.54 Å². The van der Waals surface area contributed by atoms with Gasteiger partial charge in [-0.15, -0.1) is 0 Å². The molecule has 0 aromatic heterocycles. The van der Waals surface area contributed by atoms with E-state index in [4.69, 9.17) is 5.73 Å². The van der Waals surface area contributed by atoms with Crippen molar-refractivity contribution < 1.29 is 13.2 Å². The first-order valence-corrected chi connectivity index (χ1v) is 5.50. The van der Waals surface area contributed by atoms with Gasteiger partial charge in [-0.1, -0.05) is 13.5 Å². The molecule has 1 atom stereocenters. The SMILES string of the molecule is C=C(/N=C\C(=C/N)C(F)(F)F)NCC(C)NCC. The first kappa shape index (κ1) is 16.5. The second-order valence-electron chi connectivity index (χ2n) is 3.66. The van der Waals surface area contributed by atoms with Gasteiger partial charge in [0.1, 0.15) is 5.82 Å². The fraction of sp³-hybridized carbons (Fsp3) is 0.545. The Morgan fingerprint density at radius 1 is 1.50 bits per heavy atom. The summed E-state index contributed by atoms with van der Waals surface area (Å²) < 4.78 is 36.9. The third kappa shape index (κ3) is 6.95. The highest BCUT2D eigenvalue weighted by Gasteiger charge is 2.32. The number of aliphatic imine (C=N–C) groups is 1. The molecule has 0 spiro atoms. The topological polar surface area (TPSA) is 62.4 Å². The van der Waals surface area contributed by atoms with Crippen molar-refractivity contribution in [1.82, 2.24) is 10.6 Å². The Labute approximate surface area is 105 Å². The number of hydrogen-bond acceptors (Lipinski definition) is 4. The van der Waals surface area contributed by atoms with E-state index in [9.17, 15) is 13.2 Å². The van der Waals surface area contributed by atoms with Gasteiger partial charge >= 0.3 is 6.18 Å². The monoisotopic (exact) mass is 264 g/mol. The van der Waals surface area contributed by atoms with Crippen molar-refractivity contribution >= 4 is 6.21 Å². The number of hydrogen-bond donors (Lipinski definition) is 3. The lowest BCUT2D eigenvalue weighted by molar-refractivity contribution is -0.0857. The molecule has 0 bridgehead atoms. The Kier molecular flexibility index (Phi) is 7.11. The van der Waals surface area contributed by atoms with Gasteiger partial charge in [0.25, 0.3) is 0 Å². The number of nitrogens with one attached hydrogen (secondary N) is 2. The second-order valence-corrected chi connectivity index (χ2v) is 3.66. The van der Waals surface area contributed by atoms with Crippen LogP contribution in [0.4, 0.5) is 13.2 Å². The normalized spacial score (nSPS) is 14.8. The van der Waals surface area contributed by atoms with Crippen LogP contribution in [-0.2, 0) is 0 Å². The molecule has 0 saturated carbocycles. The highest BCUT2D eigenvalue weighted by atomic mass is 19.4. The van der Waals surface area contributed by atoms with E-state index in [1.54, 1.807) is 0 Å². The van der Waals surface area contributed by atoms with Gasteiger partial charge in [0.05, 0.1) is 5.57 Å². The number of nitrogens with zero attached hydrogens (tertiary/aromatic N) is 1. The van der Waals surface area contributed by atoms with Crippen LogP contribution < -0.4 is 16.4 Å². The molecule has 4 N–H and O–H groups in total. The van der Waals surface area contributed by atoms with Crippen LogP contribution in [0.5, 0.6) is 0 Å². The van der Waals surface area contributed by atoms with Gasteiger partial charge in [0.15, 0.2) is 0 Å². The van der Waals surface area contributed by atoms with Gasteiger partial charge in [-0.05, 0) is 13.5 Å². The van der Waals surface area contributed by atoms with Crippen molar-refractivity contribution in [3.05, 3.63) is 24.2 Å². The molecule has 4 nitrogen and oxygen atoms in total. The highest BCUT2D eigenvalue weighted by Crippen LogP contribution is 2.23. The van der Waals surface area contributed by atoms with Gasteiger partial charge in [0, 0.05) is 25.0 Å². The van der Waals surface area contributed by atoms with E-state index < -0.39 is 11.7 Å². The highest BCUT2D eigenvalue weighted by molar-refractivity contribution is 5.80. The fourth-order valence-corrected chi connectivity index (χ4v) is 1.10. The molecule has 0 rings (SSSR count). The van der Waals surface area contributed by atoms with Crippen molar-refractivity contribution in [2.45, 2.75) is 26.1 Å². The van der Waals surface area contributed by atoms with Crippen LogP contribution in [0.2, 0.25) is 0 Å². The second kappa shape index (κ2) is 7.75. The van der Waals surface area contributed by atoms with Crippen LogP contribution in [0.3, 0.4) is 0 Å². The number of likely N-dealkylation sites (N-methyl/N-ethyl adjacent to an activating group) is 1. The minimum absolute atomic E-state index is 0.156. The van der Waals surface area contributed by atoms with Crippen LogP contribution in [0.25, 0.3) is 0 Å². The van der Waals surface area contributed by atoms with Crippen molar-refractivity contribution in [2.75, 3.05) is 13.1 Å². The molecule has 7 heteroatoms. The first-order valence-electron chi connectivity index (χ1n) is 5.50. The molecule has 104 valence electrons. The molecule has 0 fully saturated rings. The van der Waals surface area contributed by atoms with Gasteiger partial charge in [-0.2, -0.15) is 13.2 Å². The minimum atomic E-state index is -4.50. The lowest BCUT2D eigenvalue weighted by Gasteiger charge is -2.13. The van der Waals surface area contributed by atoms with Gasteiger partial charge in [0.2, 0.25) is 0 Å². The van der Waals surface area contributed by atoms with Crippen LogP contribution in [0.15, 0.2) is 29.2 Å². The van der Waals surface area contributed by atoms with E-state index in [1.165, 1.54) is 0 Å². The zero-order valence-electron chi connectivity index (χ0n) is 10.5. The van der Waals surface area contributed by atoms with Gasteiger partial charge in [-0.3, -0.25) is 0 Å². The molecule has 0 aromatic rings. The number of alkyl halides is 3. The Morgan fingerprint density at radius 3 is 2.56 bits per heavy atom. The van der Waals surface area contributed by atoms with Crippen LogP contribution in [0.1, 0.15) is 13.8 Å². The number of rotatable bonds is 7. The van der Waals surface area contributed by atoms with Crippen molar-refractivity contribution in [3.8, 4) is 0 Å². The van der Waals surface area contributed by atoms with Crippen LogP contribution in [0, 0.1) is 0 Å². The summed E-state index contributed by atoms with van der Waals surface area (Å²) in [6, 6.07) is 0.175. The molecular weight excluding hydrogens is 245 g/mol.